The van der Waals surface area contributed by atoms with Crippen molar-refractivity contribution in [1.82, 2.24) is 29.5 Å². The van der Waals surface area contributed by atoms with E-state index < -0.39 is 85.2 Å². The molecule has 3 aromatic heterocycles. The first-order valence-electron chi connectivity index (χ1n) is 24.4. The quantitative estimate of drug-likeness (QED) is 0.0295. The minimum Gasteiger partial charge on any atom is -0.478 e. The Labute approximate surface area is 433 Å². The van der Waals surface area contributed by atoms with Crippen LogP contribution in [-0.2, 0) is 43.6 Å². The molecule has 402 valence electrons. The number of benzene rings is 2. The van der Waals surface area contributed by atoms with Gasteiger partial charge < -0.3 is 34.1 Å². The first-order chi connectivity index (χ1) is 35.6. The maximum atomic E-state index is 15.0. The van der Waals surface area contributed by atoms with Crippen molar-refractivity contribution in [1.29, 1.82) is 0 Å². The molecule has 4 heterocycles. The number of anilines is 1. The van der Waals surface area contributed by atoms with Crippen LogP contribution in [0.3, 0.4) is 0 Å². The van der Waals surface area contributed by atoms with Crippen LogP contribution in [0.4, 0.5) is 29.3 Å². The third-order valence-electron chi connectivity index (χ3n) is 11.8. The first kappa shape index (κ1) is 56.9. The van der Waals surface area contributed by atoms with Crippen molar-refractivity contribution < 1.29 is 59.8 Å². The van der Waals surface area contributed by atoms with Crippen LogP contribution in [0, 0.1) is 10.1 Å². The number of hydrogen-bond acceptors (Lipinski definition) is 15. The third-order valence-corrected chi connectivity index (χ3v) is 13.7. The van der Waals surface area contributed by atoms with E-state index in [1.165, 1.54) is 29.3 Å². The predicted molar refractivity (Wildman–Crippen MR) is 270 cm³/mol. The number of hydrogen-bond donors (Lipinski definition) is 1. The molecule has 1 unspecified atom stereocenters. The van der Waals surface area contributed by atoms with Crippen LogP contribution in [-0.4, -0.2) is 113 Å². The van der Waals surface area contributed by atoms with Crippen LogP contribution in [0.5, 0.6) is 11.8 Å². The number of nitrogens with zero attached hydrogens (tertiary/aromatic N) is 7. The Morgan fingerprint density at radius 2 is 1.61 bits per heavy atom. The highest BCUT2D eigenvalue weighted by Gasteiger charge is 2.41. The molecule has 1 saturated heterocycles. The molecule has 0 saturated carbocycles. The molecule has 0 aliphatic carbocycles. The molecule has 0 radical (unpaired) electrons. The van der Waals surface area contributed by atoms with Crippen molar-refractivity contribution in [3.8, 4) is 23.0 Å². The number of para-hydroxylation sites is 1. The van der Waals surface area contributed by atoms with E-state index in [2.05, 4.69) is 15.3 Å². The SMILES string of the molecule is CCOc1ccc(C(=O)N2CCN(c3ccc(-c4cccnc4OCC)nc3CN(CCCCC(NC(=O)OCc3ccccc3)C(=O)OC(C)(C)C)S(=O)(=O)c3ccccc3[N+](=O)[O-])[C@H](CC)C2)c(C(F)(F)F)n1. The van der Waals surface area contributed by atoms with Gasteiger partial charge in [0.05, 0.1) is 52.9 Å². The zero-order valence-corrected chi connectivity index (χ0v) is 43.4. The van der Waals surface area contributed by atoms with Crippen molar-refractivity contribution >= 4 is 39.4 Å². The van der Waals surface area contributed by atoms with E-state index >= 15 is 0 Å². The first-order valence-corrected chi connectivity index (χ1v) is 25.9. The van der Waals surface area contributed by atoms with E-state index in [1.807, 2.05) is 17.9 Å². The molecule has 1 N–H and O–H groups in total. The van der Waals surface area contributed by atoms with Gasteiger partial charge in [0.15, 0.2) is 10.6 Å². The number of ether oxygens (including phenoxy) is 4. The van der Waals surface area contributed by atoms with Crippen LogP contribution in [0.2, 0.25) is 0 Å². The minimum absolute atomic E-state index is 0.0205. The molecular formula is C52H61F3N8O11S. The Bertz CT molecular complexity index is 2910. The van der Waals surface area contributed by atoms with Gasteiger partial charge in [-0.25, -0.2) is 33.0 Å². The van der Waals surface area contributed by atoms with Gasteiger partial charge in [0.2, 0.25) is 21.8 Å². The summed E-state index contributed by atoms with van der Waals surface area (Å²) in [5, 5.41) is 14.9. The fraction of sp³-hybridized carbons (Fsp3) is 0.423. The summed E-state index contributed by atoms with van der Waals surface area (Å²) in [5.74, 6) is -1.68. The average Bonchev–Trinajstić information content (AvgIpc) is 3.38. The fourth-order valence-corrected chi connectivity index (χ4v) is 9.97. The van der Waals surface area contributed by atoms with E-state index in [0.29, 0.717) is 28.9 Å². The average molecular weight is 1060 g/mol. The van der Waals surface area contributed by atoms with Gasteiger partial charge >= 0.3 is 18.2 Å². The van der Waals surface area contributed by atoms with Crippen LogP contribution in [0.15, 0.2) is 102 Å². The van der Waals surface area contributed by atoms with Crippen LogP contribution < -0.4 is 19.7 Å². The number of carbonyl (C=O) groups is 3. The lowest BCUT2D eigenvalue weighted by Crippen LogP contribution is -2.55. The molecule has 0 bridgehead atoms. The monoisotopic (exact) mass is 1060 g/mol. The molecule has 75 heavy (non-hydrogen) atoms. The molecule has 19 nitrogen and oxygen atoms in total. The zero-order valence-electron chi connectivity index (χ0n) is 42.5. The molecule has 1 aliphatic rings. The predicted octanol–water partition coefficient (Wildman–Crippen LogP) is 9.00. The minimum atomic E-state index is -4.97. The highest BCUT2D eigenvalue weighted by atomic mass is 32.2. The number of sulfonamides is 1. The summed E-state index contributed by atoms with van der Waals surface area (Å²) in [4.78, 5) is 67.7. The highest BCUT2D eigenvalue weighted by Crippen LogP contribution is 2.37. The summed E-state index contributed by atoms with van der Waals surface area (Å²) in [7, 11) is -4.75. The Morgan fingerprint density at radius 1 is 0.893 bits per heavy atom. The van der Waals surface area contributed by atoms with Gasteiger partial charge in [-0.15, -0.1) is 0 Å². The Balaban J connectivity index is 1.36. The number of nitro groups is 1. The van der Waals surface area contributed by atoms with Crippen molar-refractivity contribution in [3.05, 3.63) is 130 Å². The topological polar surface area (TPSA) is 226 Å². The number of nitrogens with one attached hydrogen (secondary N) is 1. The standard InChI is InChI=1S/C52H61F3N8O11S/c1-7-36-32-60(48(64)38-24-27-45(71-8-2)59-46(38)52(53,54)55)30-31-62(36)42-26-25-39(37-20-17-28-56-47(37)72-9-3)57-41(42)33-61(75(69,70)44-23-14-13-22-43(44)63(67)68)29-16-15-21-40(49(65)74-51(4,5)6)58-50(66)73-34-35-18-11-10-12-19-35/h10-14,17-20,22-28,36,40H,7-9,15-16,21,29-34H2,1-6H3,(H,58,66)/t36-,40?/m1/s1. The van der Waals surface area contributed by atoms with Gasteiger partial charge in [-0.05, 0) is 102 Å². The lowest BCUT2D eigenvalue weighted by Gasteiger charge is -2.43. The van der Waals surface area contributed by atoms with E-state index in [4.69, 9.17) is 23.9 Å². The molecule has 0 spiro atoms. The zero-order chi connectivity index (χ0) is 54.5. The normalized spacial score (nSPS) is 14.5. The summed E-state index contributed by atoms with van der Waals surface area (Å²) in [6.45, 7) is 9.70. The highest BCUT2D eigenvalue weighted by molar-refractivity contribution is 7.89. The van der Waals surface area contributed by atoms with Gasteiger partial charge in [-0.3, -0.25) is 14.9 Å². The summed E-state index contributed by atoms with van der Waals surface area (Å²) in [6.07, 6.45) is -3.77. The van der Waals surface area contributed by atoms with E-state index in [-0.39, 0.29) is 82.7 Å². The van der Waals surface area contributed by atoms with Crippen LogP contribution in [0.1, 0.15) is 94.5 Å². The number of amides is 2. The molecule has 23 heteroatoms. The van der Waals surface area contributed by atoms with Crippen molar-refractivity contribution in [3.63, 3.8) is 0 Å². The molecule has 2 aromatic carbocycles. The van der Waals surface area contributed by atoms with Gasteiger partial charge in [0, 0.05) is 50.6 Å². The molecule has 2 atom stereocenters. The van der Waals surface area contributed by atoms with Gasteiger partial charge in [0.1, 0.15) is 18.2 Å². The Hall–Kier alpha value is -7.40. The second kappa shape index (κ2) is 25.2. The number of piperazine rings is 1. The molecule has 1 fully saturated rings. The number of alkyl carbamates (subject to hydrolysis) is 1. The second-order valence-electron chi connectivity index (χ2n) is 18.3. The van der Waals surface area contributed by atoms with Gasteiger partial charge in [-0.2, -0.15) is 17.5 Å². The number of unbranched alkanes of at least 4 members (excludes halogenated alkanes) is 1. The summed E-state index contributed by atoms with van der Waals surface area (Å²) in [6, 6.07) is 21.2. The van der Waals surface area contributed by atoms with Crippen LogP contribution >= 0.6 is 0 Å². The maximum absolute atomic E-state index is 15.0. The molecule has 6 rings (SSSR count). The number of alkyl halides is 3. The molecule has 5 aromatic rings. The van der Waals surface area contributed by atoms with Crippen LogP contribution in [0.25, 0.3) is 11.3 Å². The number of rotatable bonds is 22. The molecule has 2 amide bonds. The number of esters is 1. The van der Waals surface area contributed by atoms with E-state index in [1.54, 1.807) is 83.1 Å². The smallest absolute Gasteiger partial charge is 0.434 e. The number of nitro benzene ring substituents is 1. The lowest BCUT2D eigenvalue weighted by atomic mass is 10.0. The number of pyridine rings is 3. The fourth-order valence-electron chi connectivity index (χ4n) is 8.38. The molecule has 1 aliphatic heterocycles. The van der Waals surface area contributed by atoms with Crippen molar-refractivity contribution in [2.24, 2.45) is 0 Å². The third kappa shape index (κ3) is 14.9. The maximum Gasteiger partial charge on any atom is 0.434 e. The summed E-state index contributed by atoms with van der Waals surface area (Å²) in [5.41, 5.74) is -1.51. The van der Waals surface area contributed by atoms with Crippen molar-refractivity contribution in [2.75, 3.05) is 44.3 Å². The number of aromatic nitrogens is 3. The summed E-state index contributed by atoms with van der Waals surface area (Å²) >= 11 is 0. The summed E-state index contributed by atoms with van der Waals surface area (Å²) < 4.78 is 96.1. The van der Waals surface area contributed by atoms with Gasteiger partial charge in [-0.1, -0.05) is 49.4 Å². The Morgan fingerprint density at radius 3 is 2.29 bits per heavy atom. The molecular weight excluding hydrogens is 1000 g/mol. The van der Waals surface area contributed by atoms with Crippen molar-refractivity contribution in [2.45, 2.75) is 109 Å². The second-order valence-corrected chi connectivity index (χ2v) is 20.2. The number of carbonyl (C=O) groups excluding carboxylic acids is 3. The number of halogens is 3. The largest absolute Gasteiger partial charge is 0.478 e. The van der Waals surface area contributed by atoms with Gasteiger partial charge in [0.25, 0.3) is 11.6 Å². The Kier molecular flexibility index (Phi) is 19.1. The van der Waals surface area contributed by atoms with E-state index in [9.17, 15) is 46.1 Å². The lowest BCUT2D eigenvalue weighted by molar-refractivity contribution is -0.387. The van der Waals surface area contributed by atoms with E-state index in [0.717, 1.165) is 22.5 Å².